The molecule has 0 atom stereocenters. The predicted octanol–water partition coefficient (Wildman–Crippen LogP) is 4.54. The lowest BCUT2D eigenvalue weighted by molar-refractivity contribution is 0.0946. The second-order valence-corrected chi connectivity index (χ2v) is 6.17. The largest absolute Gasteiger partial charge is 0.470 e. The number of carbonyl (C=O) groups excluding carboxylic acids is 1. The molecule has 0 fully saturated rings. The van der Waals surface area contributed by atoms with E-state index in [1.54, 1.807) is 30.5 Å². The van der Waals surface area contributed by atoms with Gasteiger partial charge in [-0.15, -0.1) is 0 Å². The number of ether oxygens (including phenoxy) is 1. The first-order valence-electron chi connectivity index (χ1n) is 8.00. The van der Waals surface area contributed by atoms with Crippen LogP contribution < -0.4 is 10.1 Å². The Hall–Kier alpha value is -1.72. The fourth-order valence-electron chi connectivity index (χ4n) is 2.13. The van der Waals surface area contributed by atoms with Crippen molar-refractivity contribution in [1.82, 2.24) is 15.1 Å². The second-order valence-electron chi connectivity index (χ2n) is 5.38. The predicted molar refractivity (Wildman–Crippen MR) is 95.8 cm³/mol. The Balaban J connectivity index is 1.82. The normalized spacial score (nSPS) is 10.6. The van der Waals surface area contributed by atoms with Gasteiger partial charge in [-0.3, -0.25) is 4.79 Å². The Morgan fingerprint density at radius 2 is 2.08 bits per heavy atom. The van der Waals surface area contributed by atoms with Gasteiger partial charge in [-0.1, -0.05) is 55.5 Å². The minimum atomic E-state index is -0.175. The van der Waals surface area contributed by atoms with E-state index >= 15 is 0 Å². The van der Waals surface area contributed by atoms with Crippen molar-refractivity contribution >= 4 is 29.1 Å². The fraction of sp³-hybridized carbons (Fsp3) is 0.412. The summed E-state index contributed by atoms with van der Waals surface area (Å²) in [5.74, 6) is 0.299. The molecule has 0 bridgehead atoms. The van der Waals surface area contributed by atoms with Crippen molar-refractivity contribution in [2.75, 3.05) is 6.54 Å². The summed E-state index contributed by atoms with van der Waals surface area (Å²) >= 11 is 12.0. The van der Waals surface area contributed by atoms with E-state index in [-0.39, 0.29) is 12.6 Å². The van der Waals surface area contributed by atoms with E-state index in [1.165, 1.54) is 17.5 Å². The number of rotatable bonds is 9. The van der Waals surface area contributed by atoms with Crippen molar-refractivity contribution in [2.45, 2.75) is 39.3 Å². The van der Waals surface area contributed by atoms with Gasteiger partial charge in [-0.25, -0.2) is 4.68 Å². The molecule has 1 amide bonds. The summed E-state index contributed by atoms with van der Waals surface area (Å²) in [6.07, 6.45) is 6.16. The number of nitrogens with one attached hydrogen (secondary N) is 1. The number of amides is 1. The van der Waals surface area contributed by atoms with Gasteiger partial charge >= 0.3 is 0 Å². The number of benzene rings is 1. The standard InChI is InChI=1S/C17H21Cl2N3O2/c1-2-3-4-5-10-20-17(23)14-9-11-22(21-14)12-24-15-8-6-7-13(18)16(15)19/h6-9,11H,2-5,10,12H2,1H3,(H,20,23). The van der Waals surface area contributed by atoms with Gasteiger partial charge in [0.1, 0.15) is 16.5 Å². The highest BCUT2D eigenvalue weighted by Gasteiger charge is 2.10. The van der Waals surface area contributed by atoms with Crippen LogP contribution in [-0.2, 0) is 6.73 Å². The molecule has 130 valence electrons. The van der Waals surface area contributed by atoms with Crippen LogP contribution in [0.15, 0.2) is 30.5 Å². The maximum absolute atomic E-state index is 12.0. The molecule has 0 unspecified atom stereocenters. The number of aromatic nitrogens is 2. The zero-order valence-electron chi connectivity index (χ0n) is 13.6. The maximum Gasteiger partial charge on any atom is 0.271 e. The monoisotopic (exact) mass is 369 g/mol. The molecule has 0 saturated carbocycles. The molecule has 1 aromatic carbocycles. The summed E-state index contributed by atoms with van der Waals surface area (Å²) in [5, 5.41) is 7.85. The zero-order valence-corrected chi connectivity index (χ0v) is 15.1. The molecule has 0 aliphatic rings. The van der Waals surface area contributed by atoms with E-state index in [0.717, 1.165) is 12.8 Å². The van der Waals surface area contributed by atoms with Crippen molar-refractivity contribution in [3.8, 4) is 5.75 Å². The quantitative estimate of drug-likeness (QED) is 0.660. The van der Waals surface area contributed by atoms with Gasteiger partial charge in [0, 0.05) is 12.7 Å². The van der Waals surface area contributed by atoms with Gasteiger partial charge in [-0.2, -0.15) is 5.10 Å². The molecule has 1 N–H and O–H groups in total. The number of hydrogen-bond donors (Lipinski definition) is 1. The third-order valence-electron chi connectivity index (χ3n) is 3.46. The molecule has 1 aromatic heterocycles. The van der Waals surface area contributed by atoms with Gasteiger partial charge in [0.25, 0.3) is 5.91 Å². The Bertz CT molecular complexity index is 674. The highest BCUT2D eigenvalue weighted by Crippen LogP contribution is 2.31. The molecule has 7 heteroatoms. The molecule has 24 heavy (non-hydrogen) atoms. The smallest absolute Gasteiger partial charge is 0.271 e. The number of nitrogens with zero attached hydrogens (tertiary/aromatic N) is 2. The van der Waals surface area contributed by atoms with Gasteiger partial charge in [0.15, 0.2) is 6.73 Å². The minimum absolute atomic E-state index is 0.143. The number of carbonyl (C=O) groups is 1. The average molecular weight is 370 g/mol. The average Bonchev–Trinajstić information content (AvgIpc) is 3.05. The fourth-order valence-corrected chi connectivity index (χ4v) is 2.48. The van der Waals surface area contributed by atoms with Crippen LogP contribution in [-0.4, -0.2) is 22.2 Å². The summed E-state index contributed by atoms with van der Waals surface area (Å²) in [6, 6.07) is 6.82. The van der Waals surface area contributed by atoms with E-state index in [1.807, 2.05) is 0 Å². The first-order chi connectivity index (χ1) is 11.6. The SMILES string of the molecule is CCCCCCNC(=O)c1ccn(COc2cccc(Cl)c2Cl)n1. The lowest BCUT2D eigenvalue weighted by atomic mass is 10.2. The van der Waals surface area contributed by atoms with Crippen molar-refractivity contribution in [3.63, 3.8) is 0 Å². The van der Waals surface area contributed by atoms with Gasteiger partial charge in [-0.05, 0) is 24.6 Å². The lowest BCUT2D eigenvalue weighted by Crippen LogP contribution is -2.25. The highest BCUT2D eigenvalue weighted by molar-refractivity contribution is 6.42. The van der Waals surface area contributed by atoms with Crippen molar-refractivity contribution < 1.29 is 9.53 Å². The van der Waals surface area contributed by atoms with Gasteiger partial charge < -0.3 is 10.1 Å². The molecule has 0 aliphatic carbocycles. The van der Waals surface area contributed by atoms with E-state index in [4.69, 9.17) is 27.9 Å². The third kappa shape index (κ3) is 5.42. The molecule has 5 nitrogen and oxygen atoms in total. The summed E-state index contributed by atoms with van der Waals surface area (Å²) in [5.41, 5.74) is 0.367. The molecule has 2 rings (SSSR count). The number of halogens is 2. The van der Waals surface area contributed by atoms with E-state index < -0.39 is 0 Å². The Labute approximate surface area is 151 Å². The van der Waals surface area contributed by atoms with Crippen LogP contribution in [0.3, 0.4) is 0 Å². The van der Waals surface area contributed by atoms with Crippen molar-refractivity contribution in [1.29, 1.82) is 0 Å². The molecule has 2 aromatic rings. The van der Waals surface area contributed by atoms with E-state index in [2.05, 4.69) is 17.3 Å². The van der Waals surface area contributed by atoms with Gasteiger partial charge in [0.05, 0.1) is 5.02 Å². The lowest BCUT2D eigenvalue weighted by Gasteiger charge is -2.08. The maximum atomic E-state index is 12.0. The second kappa shape index (κ2) is 9.55. The molecule has 0 spiro atoms. The molecular formula is C17H21Cl2N3O2. The Kier molecular flexibility index (Phi) is 7.40. The van der Waals surface area contributed by atoms with Crippen LogP contribution in [0.5, 0.6) is 5.75 Å². The van der Waals surface area contributed by atoms with Crippen molar-refractivity contribution in [3.05, 3.63) is 46.2 Å². The number of unbranched alkanes of at least 4 members (excludes halogenated alkanes) is 3. The summed E-state index contributed by atoms with van der Waals surface area (Å²) in [7, 11) is 0. The topological polar surface area (TPSA) is 56.2 Å². The van der Waals surface area contributed by atoms with E-state index in [0.29, 0.717) is 28.0 Å². The molecule has 1 heterocycles. The first kappa shape index (κ1) is 18.6. The molecular weight excluding hydrogens is 349 g/mol. The number of hydrogen-bond acceptors (Lipinski definition) is 3. The highest BCUT2D eigenvalue weighted by atomic mass is 35.5. The van der Waals surface area contributed by atoms with Crippen LogP contribution in [0, 0.1) is 0 Å². The van der Waals surface area contributed by atoms with Crippen molar-refractivity contribution in [2.24, 2.45) is 0 Å². The Morgan fingerprint density at radius 3 is 2.88 bits per heavy atom. The summed E-state index contributed by atoms with van der Waals surface area (Å²) < 4.78 is 7.11. The first-order valence-corrected chi connectivity index (χ1v) is 8.76. The van der Waals surface area contributed by atoms with Crippen LogP contribution in [0.2, 0.25) is 10.0 Å². The van der Waals surface area contributed by atoms with Crippen LogP contribution in [0.1, 0.15) is 43.1 Å². The third-order valence-corrected chi connectivity index (χ3v) is 4.26. The molecule has 0 aliphatic heterocycles. The Morgan fingerprint density at radius 1 is 1.25 bits per heavy atom. The minimum Gasteiger partial charge on any atom is -0.470 e. The molecule has 0 radical (unpaired) electrons. The van der Waals surface area contributed by atoms with Crippen LogP contribution in [0.4, 0.5) is 0 Å². The van der Waals surface area contributed by atoms with Crippen LogP contribution in [0.25, 0.3) is 0 Å². The van der Waals surface area contributed by atoms with Gasteiger partial charge in [0.2, 0.25) is 0 Å². The molecule has 0 saturated heterocycles. The zero-order chi connectivity index (χ0) is 17.4. The summed E-state index contributed by atoms with van der Waals surface area (Å²) in [4.78, 5) is 12.0. The van der Waals surface area contributed by atoms with Crippen LogP contribution >= 0.6 is 23.2 Å². The summed E-state index contributed by atoms with van der Waals surface area (Å²) in [6.45, 7) is 2.97. The van der Waals surface area contributed by atoms with E-state index in [9.17, 15) is 4.79 Å².